The number of carboxylic acid groups (broad SMARTS) is 1. The first kappa shape index (κ1) is 18.3. The van der Waals surface area contributed by atoms with Crippen LogP contribution in [-0.2, 0) is 9.53 Å². The van der Waals surface area contributed by atoms with Crippen LogP contribution < -0.4 is 28.7 Å². The fraction of sp³-hybridized carbons (Fsp3) is 0.562. The molecule has 2 fully saturated rings. The third-order valence-electron chi connectivity index (χ3n) is 4.55. The summed E-state index contributed by atoms with van der Waals surface area (Å²) in [5.74, 6) is -0.911. The van der Waals surface area contributed by atoms with E-state index >= 15 is 0 Å². The SMILES string of the molecule is O=C([O-])C1(N2CC[C@@H](Oc3cccc(F)c3)C2)CCOCC1.[Li+]. The minimum Gasteiger partial charge on any atom is -0.548 e. The van der Waals surface area contributed by atoms with Crippen molar-refractivity contribution in [3.63, 3.8) is 0 Å². The molecule has 0 spiro atoms. The van der Waals surface area contributed by atoms with Crippen LogP contribution in [0.5, 0.6) is 5.75 Å². The van der Waals surface area contributed by atoms with Gasteiger partial charge in [0.05, 0.1) is 11.5 Å². The van der Waals surface area contributed by atoms with Crippen LogP contribution in [-0.4, -0.2) is 48.8 Å². The van der Waals surface area contributed by atoms with Crippen molar-refractivity contribution in [2.75, 3.05) is 26.3 Å². The zero-order valence-corrected chi connectivity index (χ0v) is 13.3. The summed E-state index contributed by atoms with van der Waals surface area (Å²) in [7, 11) is 0. The Bertz CT molecular complexity index is 551. The van der Waals surface area contributed by atoms with Crippen molar-refractivity contribution < 1.29 is 42.6 Å². The fourth-order valence-corrected chi connectivity index (χ4v) is 3.30. The molecule has 0 saturated carbocycles. The summed E-state index contributed by atoms with van der Waals surface area (Å²) in [6.45, 7) is 2.00. The quantitative estimate of drug-likeness (QED) is 0.579. The number of nitrogens with zero attached hydrogens (tertiary/aromatic N) is 1. The number of halogens is 1. The van der Waals surface area contributed by atoms with E-state index in [1.807, 2.05) is 4.90 Å². The van der Waals surface area contributed by atoms with E-state index in [4.69, 9.17) is 9.47 Å². The largest absolute Gasteiger partial charge is 1.00 e. The molecule has 0 bridgehead atoms. The minimum absolute atomic E-state index is 0. The van der Waals surface area contributed by atoms with Crippen LogP contribution in [0, 0.1) is 5.82 Å². The maximum absolute atomic E-state index is 13.2. The Labute approximate surface area is 146 Å². The van der Waals surface area contributed by atoms with Crippen molar-refractivity contribution >= 4 is 5.97 Å². The van der Waals surface area contributed by atoms with Gasteiger partial charge in [0.2, 0.25) is 0 Å². The molecule has 23 heavy (non-hydrogen) atoms. The van der Waals surface area contributed by atoms with Gasteiger partial charge in [-0.05, 0) is 31.4 Å². The molecule has 0 radical (unpaired) electrons. The Morgan fingerprint density at radius 3 is 2.78 bits per heavy atom. The molecule has 0 aliphatic carbocycles. The summed E-state index contributed by atoms with van der Waals surface area (Å²) >= 11 is 0. The molecule has 2 aliphatic rings. The van der Waals surface area contributed by atoms with E-state index in [-0.39, 0.29) is 30.8 Å². The molecule has 1 aromatic rings. The predicted octanol–water partition coefficient (Wildman–Crippen LogP) is -2.42. The summed E-state index contributed by atoms with van der Waals surface area (Å²) < 4.78 is 24.2. The van der Waals surface area contributed by atoms with Gasteiger partial charge in [-0.2, -0.15) is 0 Å². The molecule has 7 heteroatoms. The number of likely N-dealkylation sites (tertiary alicyclic amines) is 1. The summed E-state index contributed by atoms with van der Waals surface area (Å²) in [6.07, 6.45) is 1.44. The van der Waals surface area contributed by atoms with Crippen molar-refractivity contribution in [2.24, 2.45) is 0 Å². The zero-order valence-electron chi connectivity index (χ0n) is 13.3. The fourth-order valence-electron chi connectivity index (χ4n) is 3.30. The van der Waals surface area contributed by atoms with Crippen molar-refractivity contribution in [1.82, 2.24) is 4.90 Å². The molecular formula is C16H19FLiNO4. The monoisotopic (exact) mass is 315 g/mol. The maximum atomic E-state index is 13.2. The molecule has 5 nitrogen and oxygen atoms in total. The molecule has 0 unspecified atom stereocenters. The van der Waals surface area contributed by atoms with Crippen LogP contribution >= 0.6 is 0 Å². The molecule has 1 aromatic carbocycles. The summed E-state index contributed by atoms with van der Waals surface area (Å²) in [5.41, 5.74) is -0.960. The van der Waals surface area contributed by atoms with E-state index in [0.29, 0.717) is 51.3 Å². The predicted molar refractivity (Wildman–Crippen MR) is 74.8 cm³/mol. The van der Waals surface area contributed by atoms with E-state index in [1.54, 1.807) is 12.1 Å². The van der Waals surface area contributed by atoms with Crippen LogP contribution in [0.2, 0.25) is 0 Å². The van der Waals surface area contributed by atoms with Gasteiger partial charge in [-0.1, -0.05) is 6.07 Å². The Kier molecular flexibility index (Phi) is 6.10. The van der Waals surface area contributed by atoms with Crippen LogP contribution in [0.4, 0.5) is 4.39 Å². The Morgan fingerprint density at radius 1 is 1.39 bits per heavy atom. The van der Waals surface area contributed by atoms with Crippen LogP contribution in [0.1, 0.15) is 19.3 Å². The van der Waals surface area contributed by atoms with Crippen LogP contribution in [0.3, 0.4) is 0 Å². The smallest absolute Gasteiger partial charge is 0.548 e. The average molecular weight is 315 g/mol. The number of benzene rings is 1. The molecule has 3 rings (SSSR count). The number of aliphatic carboxylic acids is 1. The number of hydrogen-bond acceptors (Lipinski definition) is 5. The number of carbonyl (C=O) groups excluding carboxylic acids is 1. The van der Waals surface area contributed by atoms with Gasteiger partial charge in [0.15, 0.2) is 0 Å². The normalized spacial score (nSPS) is 24.0. The number of hydrogen-bond donors (Lipinski definition) is 0. The molecule has 2 saturated heterocycles. The third kappa shape index (κ3) is 3.89. The van der Waals surface area contributed by atoms with Gasteiger partial charge in [0.25, 0.3) is 0 Å². The Morgan fingerprint density at radius 2 is 2.13 bits per heavy atom. The number of rotatable bonds is 4. The molecule has 120 valence electrons. The van der Waals surface area contributed by atoms with E-state index in [1.165, 1.54) is 12.1 Å². The summed E-state index contributed by atoms with van der Waals surface area (Å²) in [6, 6.07) is 6.00. The maximum Gasteiger partial charge on any atom is 1.00 e. The van der Waals surface area contributed by atoms with E-state index < -0.39 is 11.5 Å². The third-order valence-corrected chi connectivity index (χ3v) is 4.55. The standard InChI is InChI=1S/C16H20FNO4.Li/c17-12-2-1-3-13(10-12)22-14-4-7-18(11-14)16(15(19)20)5-8-21-9-6-16;/h1-3,10,14H,4-9,11H2,(H,19,20);/q;+1/p-1/t14-;/m1./s1. The van der Waals surface area contributed by atoms with Gasteiger partial charge in [0.1, 0.15) is 17.7 Å². The molecule has 1 atom stereocenters. The van der Waals surface area contributed by atoms with Crippen LogP contribution in [0.25, 0.3) is 0 Å². The number of ether oxygens (including phenoxy) is 2. The van der Waals surface area contributed by atoms with E-state index in [9.17, 15) is 14.3 Å². The first-order valence-corrected chi connectivity index (χ1v) is 7.57. The van der Waals surface area contributed by atoms with Crippen molar-refractivity contribution in [1.29, 1.82) is 0 Å². The van der Waals surface area contributed by atoms with Gasteiger partial charge in [0, 0.05) is 32.4 Å². The zero-order chi connectivity index (χ0) is 15.6. The second kappa shape index (κ2) is 7.67. The van der Waals surface area contributed by atoms with Gasteiger partial charge in [-0.15, -0.1) is 0 Å². The Balaban J connectivity index is 0.00000192. The second-order valence-corrected chi connectivity index (χ2v) is 5.86. The summed E-state index contributed by atoms with van der Waals surface area (Å²) in [5, 5.41) is 11.7. The average Bonchev–Trinajstić information content (AvgIpc) is 2.97. The van der Waals surface area contributed by atoms with E-state index in [2.05, 4.69) is 0 Å². The van der Waals surface area contributed by atoms with Crippen molar-refractivity contribution in [3.05, 3.63) is 30.1 Å². The molecule has 0 N–H and O–H groups in total. The van der Waals surface area contributed by atoms with Crippen LogP contribution in [0.15, 0.2) is 24.3 Å². The van der Waals surface area contributed by atoms with Gasteiger partial charge in [-0.25, -0.2) is 4.39 Å². The first-order valence-electron chi connectivity index (χ1n) is 7.57. The molecule has 0 aromatic heterocycles. The Hall–Kier alpha value is -1.06. The number of carbonyl (C=O) groups is 1. The molecular weight excluding hydrogens is 296 g/mol. The molecule has 0 amide bonds. The second-order valence-electron chi connectivity index (χ2n) is 5.86. The summed E-state index contributed by atoms with van der Waals surface area (Å²) in [4.78, 5) is 13.6. The molecule has 2 aliphatic heterocycles. The van der Waals surface area contributed by atoms with Gasteiger partial charge >= 0.3 is 18.9 Å². The van der Waals surface area contributed by atoms with Crippen molar-refractivity contribution in [2.45, 2.75) is 30.9 Å². The minimum atomic E-state index is -1.04. The first-order chi connectivity index (χ1) is 10.6. The topological polar surface area (TPSA) is 61.8 Å². The van der Waals surface area contributed by atoms with E-state index in [0.717, 1.165) is 0 Å². The van der Waals surface area contributed by atoms with Crippen molar-refractivity contribution in [3.8, 4) is 5.75 Å². The number of carboxylic acids is 1. The van der Waals surface area contributed by atoms with Gasteiger partial charge in [-0.3, -0.25) is 4.90 Å². The van der Waals surface area contributed by atoms with Gasteiger partial charge < -0.3 is 19.4 Å². The molecule has 2 heterocycles.